The molecule has 42 N–H and O–H groups in total. The maximum absolute atomic E-state index is 12.4. The van der Waals surface area contributed by atoms with Gasteiger partial charge in [0.15, 0.2) is 6.23 Å². The monoisotopic (exact) mass is 3180 g/mol. The van der Waals surface area contributed by atoms with Gasteiger partial charge in [0.25, 0.3) is 6.47 Å². The van der Waals surface area contributed by atoms with Crippen LogP contribution in [0.5, 0.6) is 0 Å². The van der Waals surface area contributed by atoms with Crippen molar-refractivity contribution in [1.29, 1.82) is 0 Å². The number of nitrogens with zero attached hydrogens (tertiary/aromatic N) is 1. The predicted octanol–water partition coefficient (Wildman–Crippen LogP) is 17.1. The van der Waals surface area contributed by atoms with Crippen LogP contribution in [0, 0.1) is 6.92 Å². The Morgan fingerprint density at radius 1 is 0.408 bits per heavy atom. The maximum atomic E-state index is 12.4. The number of nitrogens with two attached hydrogens (primary N) is 11. The number of esters is 5. The molecule has 0 aromatic rings. The number of carbonyl (C=O) groups is 21. The molecule has 0 aromatic carbocycles. The third kappa shape index (κ3) is 192. The van der Waals surface area contributed by atoms with Crippen LogP contribution in [0.3, 0.4) is 0 Å². The summed E-state index contributed by atoms with van der Waals surface area (Å²) in [5.41, 5.74) is 5.47. The van der Waals surface area contributed by atoms with Gasteiger partial charge in [-0.3, -0.25) is 76.8 Å². The fraction of sp³-hybridized carbons (Fsp3) is 0.611. The van der Waals surface area contributed by atoms with Crippen LogP contribution in [0.25, 0.3) is 61.5 Å². The number of unbranched alkanes of at least 4 members (excludes halogenated alkanes) is 8. The van der Waals surface area contributed by atoms with E-state index in [4.69, 9.17) is 160 Å². The van der Waals surface area contributed by atoms with Crippen molar-refractivity contribution in [2.24, 2.45) is 5.73 Å². The molecule has 4 atom stereocenters. The molecule has 1 aliphatic heterocycles. The van der Waals surface area contributed by atoms with E-state index in [0.717, 1.165) is 62.7 Å². The second-order valence-corrected chi connectivity index (χ2v) is 40.0. The number of cyclic esters (lactones) is 2. The summed E-state index contributed by atoms with van der Waals surface area (Å²) in [6, 6.07) is -5.33. The van der Waals surface area contributed by atoms with Gasteiger partial charge >= 0.3 is 278 Å². The molecule has 1 fully saturated rings. The molecule has 1 heterocycles. The molecule has 55 nitrogen and oxygen atoms in total. The minimum absolute atomic E-state index is 0. The molecule has 1 rings (SSSR count). The van der Waals surface area contributed by atoms with E-state index in [1.165, 1.54) is 18.2 Å². The molecular weight excluding hydrogens is 3040 g/mol. The molecule has 1 aliphatic rings. The third-order valence-electron chi connectivity index (χ3n) is 13.3. The summed E-state index contributed by atoms with van der Waals surface area (Å²) in [6.07, 6.45) is 11.2. The minimum Gasteiger partial charge on any atom is -0.693 e. The standard InChI is InChI=1S/C21H33N3O7.C20H29N3O13.3C6H12O2.C5H7O3.C4H6O4.C4H4O3.10ClH.10H2N.3H2O.5Pt/c1-4-13-29-18(25)11-10-17(20(27)31-15-6-3)24-21(28)23-16(9-7-8-12-22)19(26)30-14-5-2;24-11-36-13(4-7-16(27)28)22-20(35)21-12(19(33)34)3-1-2-10-23(14(25)5-8-17(29)30)15(26)6-9-18(31)32;3*1-2-3-4-5-6(7)8;1-4(6)2-3-5(7)8;5-3(6)1-2-4(7)8;5-3-1-2-4(6)7-3;;;;;;;;;;;;;;;;;;;;;;;;;;;;/h4-6,16-17H,1-3,7-15,22H2,(H2,23,24,28);11-13H,1-10H2,(H,27,28)(H,29,30)(H,31,32)(H,33,34)(H2,21,22,35);3*2-5H2,1H3,(H,7,8);1-3H2,(H,7,8);1-2H2,(H,5,6)(H,7,8);1-2H2;10*1H;13*1H2;;;;;/q;;;;;-1;;;;;;;;;;;;;10*-1;;;;+2;4*+4/p-10/t16-,17-;12-,13+;;;;;;;;;;;;;;;;;;;;;;;;;;;;;;;;;;/m00................................../s1. The Labute approximate surface area is 907 Å². The van der Waals surface area contributed by atoms with Gasteiger partial charge in [-0.25, -0.2) is 24.0 Å². The number of ether oxygens (including phenoxy) is 5. The molecule has 0 radical (unpaired) electrons. The Morgan fingerprint density at radius 2 is 0.683 bits per heavy atom. The number of rotatable bonds is 54. The summed E-state index contributed by atoms with van der Waals surface area (Å²) in [5, 5.41) is 92.8. The number of urea groups is 2. The van der Waals surface area contributed by atoms with Crippen molar-refractivity contribution in [3.05, 3.63) is 106 Å². The van der Waals surface area contributed by atoms with E-state index in [-0.39, 0.29) is 194 Å². The van der Waals surface area contributed by atoms with Crippen LogP contribution in [0.4, 0.5) is 9.59 Å². The number of Topliss-reactive ketones (excluding diaryl/α,β-unsaturated/α-hetero) is 1. The third-order valence-corrected chi connectivity index (χ3v) is 13.3. The Balaban J connectivity index is -0.0000000501. The smallest absolute Gasteiger partial charge is 0.693 e. The summed E-state index contributed by atoms with van der Waals surface area (Å²) in [5.74, 6) is -15.0. The first-order valence-electron chi connectivity index (χ1n) is 37.2. The van der Waals surface area contributed by atoms with Crippen molar-refractivity contribution in [3.8, 4) is 0 Å². The van der Waals surface area contributed by atoms with Crippen molar-refractivity contribution in [2.75, 3.05) is 32.9 Å². The predicted molar refractivity (Wildman–Crippen MR) is 520 cm³/mol. The number of ketones is 1. The van der Waals surface area contributed by atoms with Gasteiger partial charge in [0, 0.05) is 57.9 Å². The topological polar surface area (TPSA) is 1110 Å². The first-order valence-corrected chi connectivity index (χ1v) is 65.3. The van der Waals surface area contributed by atoms with Crippen molar-refractivity contribution in [1.82, 2.24) is 26.2 Å². The Morgan fingerprint density at radius 3 is 0.944 bits per heavy atom. The fourth-order valence-corrected chi connectivity index (χ4v) is 7.59. The van der Waals surface area contributed by atoms with E-state index < -0.39 is 252 Å². The van der Waals surface area contributed by atoms with Gasteiger partial charge in [0.2, 0.25) is 11.8 Å². The number of halogens is 10. The molecule has 70 heteroatoms. The summed E-state index contributed by atoms with van der Waals surface area (Å²) >= 11 is -2.36. The van der Waals surface area contributed by atoms with Gasteiger partial charge in [-0.2, -0.15) is 0 Å². The number of imide groups is 1. The van der Waals surface area contributed by atoms with Crippen molar-refractivity contribution in [3.63, 3.8) is 0 Å². The number of aliphatic carboxylic acids is 10. The van der Waals surface area contributed by atoms with Crippen LogP contribution in [0.15, 0.2) is 38.0 Å². The Bertz CT molecular complexity index is 3030. The molecule has 6 amide bonds. The van der Waals surface area contributed by atoms with Gasteiger partial charge in [0.1, 0.15) is 37.9 Å². The fourth-order valence-electron chi connectivity index (χ4n) is 7.59. The van der Waals surface area contributed by atoms with Crippen molar-refractivity contribution in [2.45, 2.75) is 251 Å². The first-order chi connectivity index (χ1) is 60.7. The maximum Gasteiger partial charge on any atom is -0.693 e. The van der Waals surface area contributed by atoms with E-state index in [1.807, 2.05) is 0 Å². The van der Waals surface area contributed by atoms with E-state index in [0.29, 0.717) is 45.1 Å². The van der Waals surface area contributed by atoms with E-state index in [9.17, 15) is 106 Å². The van der Waals surface area contributed by atoms with E-state index >= 15 is 0 Å². The number of carboxylic acids is 10. The quantitative estimate of drug-likeness (QED) is 0.00393. The number of carboxylic acid groups (broad SMARTS) is 10. The molecular formula is C72H141Cl10N16O39Pt5-3. The second kappa shape index (κ2) is 158. The van der Waals surface area contributed by atoms with Crippen molar-refractivity contribution >= 4 is 220 Å². The van der Waals surface area contributed by atoms with Crippen LogP contribution in [0.2, 0.25) is 0 Å². The zero-order valence-corrected chi connectivity index (χ0v) is 96.3. The summed E-state index contributed by atoms with van der Waals surface area (Å²) in [7, 11) is 48.8. The number of carbonyl (C=O) groups excluding carboxylic acids is 11. The average Bonchev–Trinajstić information content (AvgIpc) is 1.31. The van der Waals surface area contributed by atoms with Crippen LogP contribution in [-0.4, -0.2) is 255 Å². The molecule has 0 unspecified atom stereocenters. The molecule has 0 aliphatic carbocycles. The minimum atomic E-state index is -1.43. The largest absolute Gasteiger partial charge is 0.693 e. The summed E-state index contributed by atoms with van der Waals surface area (Å²) in [6.45, 7) is 19.7. The van der Waals surface area contributed by atoms with Crippen LogP contribution < -0.4 is 27.0 Å². The van der Waals surface area contributed by atoms with Gasteiger partial charge in [-0.15, -0.1) is 0 Å². The number of hydrogen-bond donors (Lipinski definition) is 15. The van der Waals surface area contributed by atoms with Crippen molar-refractivity contribution < 1.29 is 274 Å². The molecule has 0 saturated carbocycles. The number of amides is 6. The second-order valence-electron chi connectivity index (χ2n) is 23.6. The number of nitrogens with one attached hydrogen (secondary N) is 4. The SMILES string of the molecule is C=CCOC(=O)CC[C@H](NC(=O)N[C@@H](CCCCN)C(=O)OCC=C)C(=O)OCC=C.CCCCCC(=O)O.CCCCCC(=O)O.CCCCCC(=O)O.O.O.O.O=C(O)CCC(=O)O.O=C1CCC(=O)O1.O=CO[C@H](CCC(=O)O)NC(=O)N[C@@H](CCCCN(C(=O)CCC(=O)O)C(=O)CCC(=O)O)C(=O)O.[CH2-]C(=O)CCC(=O)O.[Cl][Pt+2][Cl].[Cl][Pt+2][Cl].[Cl][Pt+2][Cl].[Cl][Pt+2][Cl].[Cl][Pt][Cl].[NH2-].[NH2-].[NH2-].[NH2-].[NH2-].[NH2-].[NH2-].[NH2-].[NH2-].[NH2-]. The van der Waals surface area contributed by atoms with Gasteiger partial charge in [0.05, 0.1) is 44.9 Å². The summed E-state index contributed by atoms with van der Waals surface area (Å²) in [4.78, 5) is 228. The van der Waals surface area contributed by atoms with E-state index in [2.05, 4.69) is 78.2 Å². The van der Waals surface area contributed by atoms with Crippen LogP contribution in [-0.2, 0) is 197 Å². The van der Waals surface area contributed by atoms with Crippen LogP contribution >= 0.6 is 94.2 Å². The van der Waals surface area contributed by atoms with E-state index in [1.54, 1.807) is 0 Å². The molecule has 0 aromatic heterocycles. The average molecular weight is 3180 g/mol. The zero-order valence-electron chi connectivity index (χ0n) is 77.4. The van der Waals surface area contributed by atoms with Gasteiger partial charge in [-0.1, -0.05) is 97.3 Å². The molecule has 0 spiro atoms. The summed E-state index contributed by atoms with van der Waals surface area (Å²) < 4.78 is 23.5. The van der Waals surface area contributed by atoms with Crippen LogP contribution in [0.1, 0.15) is 226 Å². The molecule has 142 heavy (non-hydrogen) atoms. The first kappa shape index (κ1) is 201. The normalized spacial score (nSPS) is 9.87. The molecule has 0 bridgehead atoms. The Kier molecular flexibility index (Phi) is 223. The number of hydrogen-bond acceptors (Lipinski definition) is 27. The molecule has 1 saturated heterocycles. The van der Waals surface area contributed by atoms with Gasteiger partial charge in [-0.05, 0) is 83.0 Å². The zero-order chi connectivity index (χ0) is 102. The Hall–Kier alpha value is -6.06. The molecule has 866 valence electrons. The van der Waals surface area contributed by atoms with Gasteiger partial charge < -0.3 is 191 Å².